The summed E-state index contributed by atoms with van der Waals surface area (Å²) in [5.41, 5.74) is 0.968. The van der Waals surface area contributed by atoms with Gasteiger partial charge in [-0.15, -0.1) is 5.10 Å². The van der Waals surface area contributed by atoms with Crippen LogP contribution in [0.4, 0.5) is 4.39 Å². The van der Waals surface area contributed by atoms with Crippen LogP contribution >= 0.6 is 0 Å². The molecule has 0 saturated heterocycles. The highest BCUT2D eigenvalue weighted by molar-refractivity contribution is 5.92. The van der Waals surface area contributed by atoms with Crippen LogP contribution in [0.2, 0.25) is 0 Å². The van der Waals surface area contributed by atoms with Gasteiger partial charge in [0.15, 0.2) is 5.69 Å². The number of nitrogens with zero attached hydrogens (tertiary/aromatic N) is 3. The van der Waals surface area contributed by atoms with Crippen LogP contribution in [0.1, 0.15) is 29.8 Å². The number of benzene rings is 1. The first kappa shape index (κ1) is 12.8. The van der Waals surface area contributed by atoms with Crippen molar-refractivity contribution in [3.8, 4) is 11.3 Å². The van der Waals surface area contributed by atoms with E-state index in [0.29, 0.717) is 23.7 Å². The summed E-state index contributed by atoms with van der Waals surface area (Å²) in [6.07, 6.45) is 3.43. The maximum atomic E-state index is 13.0. The van der Waals surface area contributed by atoms with Gasteiger partial charge in [0.2, 0.25) is 0 Å². The van der Waals surface area contributed by atoms with Gasteiger partial charge in [0, 0.05) is 12.1 Å². The topological polar surface area (TPSA) is 68.0 Å². The molecule has 1 aromatic heterocycles. The van der Waals surface area contributed by atoms with Crippen molar-refractivity contribution in [2.75, 3.05) is 0 Å². The lowest BCUT2D eigenvalue weighted by Gasteiger charge is -2.07. The lowest BCUT2D eigenvalue weighted by Crippen LogP contribution is -2.05. The summed E-state index contributed by atoms with van der Waals surface area (Å²) < 4.78 is 14.6. The molecule has 1 N–H and O–H groups in total. The largest absolute Gasteiger partial charge is 0.476 e. The Bertz CT molecular complexity index is 632. The smallest absolute Gasteiger partial charge is 0.358 e. The minimum Gasteiger partial charge on any atom is -0.476 e. The van der Waals surface area contributed by atoms with Crippen LogP contribution in [-0.4, -0.2) is 26.1 Å². The van der Waals surface area contributed by atoms with E-state index in [0.717, 1.165) is 6.42 Å². The van der Waals surface area contributed by atoms with E-state index in [1.165, 1.54) is 25.0 Å². The van der Waals surface area contributed by atoms with Crippen molar-refractivity contribution in [2.45, 2.75) is 25.8 Å². The van der Waals surface area contributed by atoms with E-state index in [9.17, 15) is 14.3 Å². The van der Waals surface area contributed by atoms with Gasteiger partial charge in [0.05, 0.1) is 0 Å². The molecule has 1 aromatic carbocycles. The van der Waals surface area contributed by atoms with E-state index >= 15 is 0 Å². The molecule has 0 aliphatic heterocycles. The zero-order valence-electron chi connectivity index (χ0n) is 10.8. The van der Waals surface area contributed by atoms with Crippen LogP contribution in [-0.2, 0) is 6.54 Å². The summed E-state index contributed by atoms with van der Waals surface area (Å²) >= 11 is 0. The Morgan fingerprint density at radius 3 is 2.65 bits per heavy atom. The van der Waals surface area contributed by atoms with Crippen molar-refractivity contribution in [3.05, 3.63) is 35.8 Å². The van der Waals surface area contributed by atoms with Crippen LogP contribution in [0.15, 0.2) is 24.3 Å². The molecule has 1 heterocycles. The predicted molar refractivity (Wildman–Crippen MR) is 69.7 cm³/mol. The van der Waals surface area contributed by atoms with Crippen LogP contribution in [0, 0.1) is 11.7 Å². The molecule has 104 valence electrons. The lowest BCUT2D eigenvalue weighted by atomic mass is 10.1. The van der Waals surface area contributed by atoms with Gasteiger partial charge in [-0.25, -0.2) is 13.9 Å². The van der Waals surface area contributed by atoms with Crippen molar-refractivity contribution >= 4 is 5.97 Å². The molecule has 6 heteroatoms. The van der Waals surface area contributed by atoms with E-state index in [-0.39, 0.29) is 11.5 Å². The Balaban J connectivity index is 1.97. The molecule has 3 rings (SSSR count). The highest BCUT2D eigenvalue weighted by atomic mass is 19.1. The number of rotatable bonds is 5. The predicted octanol–water partition coefficient (Wildman–Crippen LogP) is 2.58. The Labute approximate surface area is 115 Å². The highest BCUT2D eigenvalue weighted by Crippen LogP contribution is 2.33. The lowest BCUT2D eigenvalue weighted by molar-refractivity contribution is 0.0691. The summed E-state index contributed by atoms with van der Waals surface area (Å²) in [5, 5.41) is 16.9. The number of carbonyl (C=O) groups is 1. The number of halogens is 1. The second kappa shape index (κ2) is 5.03. The van der Waals surface area contributed by atoms with Crippen molar-refractivity contribution in [3.63, 3.8) is 0 Å². The fourth-order valence-corrected chi connectivity index (χ4v) is 2.22. The molecule has 1 saturated carbocycles. The number of aryl methyl sites for hydroxylation is 1. The number of aromatic nitrogens is 3. The number of carboxylic acid groups (broad SMARTS) is 1. The molecule has 2 aromatic rings. The fraction of sp³-hybridized carbons (Fsp3) is 0.357. The Hall–Kier alpha value is -2.24. The standard InChI is InChI=1S/C14H14FN3O2/c15-11-5-3-10(4-6-11)13-12(14(19)20)16-17-18(13)8-7-9-1-2-9/h3-6,9H,1-2,7-8H2,(H,19,20). The van der Waals surface area contributed by atoms with E-state index in [1.54, 1.807) is 16.8 Å². The quantitative estimate of drug-likeness (QED) is 0.910. The first-order chi connectivity index (χ1) is 9.65. The number of aromatic carboxylic acids is 1. The van der Waals surface area contributed by atoms with Gasteiger partial charge in [-0.05, 0) is 36.6 Å². The number of carboxylic acids is 1. The third-order valence-corrected chi connectivity index (χ3v) is 3.50. The molecule has 0 radical (unpaired) electrons. The second-order valence-electron chi connectivity index (χ2n) is 5.05. The fourth-order valence-electron chi connectivity index (χ4n) is 2.22. The van der Waals surface area contributed by atoms with Crippen LogP contribution in [0.25, 0.3) is 11.3 Å². The molecular formula is C14H14FN3O2. The molecule has 1 fully saturated rings. The van der Waals surface area contributed by atoms with E-state index in [4.69, 9.17) is 0 Å². The van der Waals surface area contributed by atoms with Crippen LogP contribution in [0.3, 0.4) is 0 Å². The number of hydrogen-bond donors (Lipinski definition) is 1. The molecule has 1 aliphatic rings. The number of hydrogen-bond acceptors (Lipinski definition) is 3. The Morgan fingerprint density at radius 2 is 2.05 bits per heavy atom. The van der Waals surface area contributed by atoms with Gasteiger partial charge < -0.3 is 5.11 Å². The molecule has 1 aliphatic carbocycles. The molecule has 0 unspecified atom stereocenters. The maximum absolute atomic E-state index is 13.0. The molecule has 0 amide bonds. The third-order valence-electron chi connectivity index (χ3n) is 3.50. The van der Waals surface area contributed by atoms with E-state index in [1.807, 2.05) is 0 Å². The Kier molecular flexibility index (Phi) is 3.22. The minimum absolute atomic E-state index is 0.0904. The zero-order valence-corrected chi connectivity index (χ0v) is 10.8. The van der Waals surface area contributed by atoms with E-state index in [2.05, 4.69) is 10.3 Å². The highest BCUT2D eigenvalue weighted by Gasteiger charge is 2.24. The average molecular weight is 275 g/mol. The van der Waals surface area contributed by atoms with Gasteiger partial charge in [0.1, 0.15) is 11.5 Å². The summed E-state index contributed by atoms with van der Waals surface area (Å²) in [6, 6.07) is 5.71. The van der Waals surface area contributed by atoms with E-state index < -0.39 is 5.97 Å². The first-order valence-corrected chi connectivity index (χ1v) is 6.58. The summed E-state index contributed by atoms with van der Waals surface area (Å²) in [7, 11) is 0. The monoisotopic (exact) mass is 275 g/mol. The summed E-state index contributed by atoms with van der Waals surface area (Å²) in [5.74, 6) is -0.766. The maximum Gasteiger partial charge on any atom is 0.358 e. The van der Waals surface area contributed by atoms with Gasteiger partial charge >= 0.3 is 5.97 Å². The van der Waals surface area contributed by atoms with Crippen LogP contribution < -0.4 is 0 Å². The summed E-state index contributed by atoms with van der Waals surface area (Å²) in [4.78, 5) is 11.2. The molecular weight excluding hydrogens is 261 g/mol. The SMILES string of the molecule is O=C(O)c1nnn(CCC2CC2)c1-c1ccc(F)cc1. The molecule has 20 heavy (non-hydrogen) atoms. The van der Waals surface area contributed by atoms with Gasteiger partial charge in [-0.1, -0.05) is 18.1 Å². The molecule has 0 spiro atoms. The van der Waals surface area contributed by atoms with Gasteiger partial charge in [0.25, 0.3) is 0 Å². The van der Waals surface area contributed by atoms with Gasteiger partial charge in [-0.2, -0.15) is 0 Å². The summed E-state index contributed by atoms with van der Waals surface area (Å²) in [6.45, 7) is 0.637. The van der Waals surface area contributed by atoms with Crippen molar-refractivity contribution in [1.29, 1.82) is 0 Å². The minimum atomic E-state index is -1.12. The normalized spacial score (nSPS) is 14.4. The second-order valence-corrected chi connectivity index (χ2v) is 5.05. The average Bonchev–Trinajstić information content (AvgIpc) is 3.16. The van der Waals surface area contributed by atoms with Crippen molar-refractivity contribution in [2.24, 2.45) is 5.92 Å². The molecule has 0 bridgehead atoms. The third kappa shape index (κ3) is 2.54. The van der Waals surface area contributed by atoms with Crippen molar-refractivity contribution in [1.82, 2.24) is 15.0 Å². The van der Waals surface area contributed by atoms with Crippen molar-refractivity contribution < 1.29 is 14.3 Å². The Morgan fingerprint density at radius 1 is 1.35 bits per heavy atom. The zero-order chi connectivity index (χ0) is 14.1. The van der Waals surface area contributed by atoms with Crippen LogP contribution in [0.5, 0.6) is 0 Å². The van der Waals surface area contributed by atoms with Gasteiger partial charge in [-0.3, -0.25) is 0 Å². The molecule has 0 atom stereocenters. The molecule has 5 nitrogen and oxygen atoms in total. The first-order valence-electron chi connectivity index (χ1n) is 6.58.